The minimum atomic E-state index is -4.09. The van der Waals surface area contributed by atoms with Crippen LogP contribution in [0.1, 0.15) is 18.1 Å². The van der Waals surface area contributed by atoms with Crippen LogP contribution in [0.4, 0.5) is 4.79 Å². The molecular formula is C29H22INO6S2. The Balaban J connectivity index is 1.43. The Morgan fingerprint density at radius 3 is 2.44 bits per heavy atom. The molecule has 1 saturated heterocycles. The molecule has 0 aromatic heterocycles. The van der Waals surface area contributed by atoms with Gasteiger partial charge in [-0.1, -0.05) is 60.7 Å². The number of carbonyl (C=O) groups excluding carboxylic acids is 2. The molecule has 0 unspecified atom stereocenters. The van der Waals surface area contributed by atoms with Crippen molar-refractivity contribution in [3.05, 3.63) is 105 Å². The lowest BCUT2D eigenvalue weighted by Crippen LogP contribution is -2.27. The number of benzene rings is 4. The Kier molecular flexibility index (Phi) is 7.96. The van der Waals surface area contributed by atoms with Gasteiger partial charge in [-0.2, -0.15) is 8.42 Å². The highest BCUT2D eigenvalue weighted by Crippen LogP contribution is 2.39. The first-order chi connectivity index (χ1) is 18.8. The predicted octanol–water partition coefficient (Wildman–Crippen LogP) is 6.85. The van der Waals surface area contributed by atoms with Crippen molar-refractivity contribution in [2.45, 2.75) is 18.4 Å². The van der Waals surface area contributed by atoms with Crippen LogP contribution in [0.2, 0.25) is 0 Å². The fourth-order valence-corrected chi connectivity index (χ4v) is 6.85. The van der Waals surface area contributed by atoms with E-state index in [0.29, 0.717) is 9.13 Å². The van der Waals surface area contributed by atoms with Crippen molar-refractivity contribution in [1.82, 2.24) is 4.90 Å². The van der Waals surface area contributed by atoms with E-state index in [-0.39, 0.29) is 39.7 Å². The molecule has 4 aromatic rings. The minimum Gasteiger partial charge on any atom is -0.490 e. The molecule has 1 fully saturated rings. The highest BCUT2D eigenvalue weighted by Gasteiger charge is 2.35. The van der Waals surface area contributed by atoms with Crippen LogP contribution in [0.5, 0.6) is 11.5 Å². The van der Waals surface area contributed by atoms with E-state index in [4.69, 9.17) is 8.92 Å². The van der Waals surface area contributed by atoms with Crippen LogP contribution in [0, 0.1) is 3.57 Å². The van der Waals surface area contributed by atoms with Crippen LogP contribution in [-0.2, 0) is 21.5 Å². The largest absolute Gasteiger partial charge is 0.490 e. The number of hydrogen-bond donors (Lipinski definition) is 0. The lowest BCUT2D eigenvalue weighted by molar-refractivity contribution is -0.123. The predicted molar refractivity (Wildman–Crippen MR) is 160 cm³/mol. The van der Waals surface area contributed by atoms with Gasteiger partial charge < -0.3 is 8.92 Å². The zero-order chi connectivity index (χ0) is 27.6. The number of amides is 2. The van der Waals surface area contributed by atoms with Crippen LogP contribution in [0.15, 0.2) is 94.7 Å². The molecule has 0 atom stereocenters. The lowest BCUT2D eigenvalue weighted by atomic mass is 10.0. The molecule has 1 aliphatic heterocycles. The molecule has 4 aromatic carbocycles. The van der Waals surface area contributed by atoms with Gasteiger partial charge >= 0.3 is 10.1 Å². The average Bonchev–Trinajstić information content (AvgIpc) is 3.18. The van der Waals surface area contributed by atoms with Gasteiger partial charge in [-0.25, -0.2) is 0 Å². The fourth-order valence-electron chi connectivity index (χ4n) is 4.15. The summed E-state index contributed by atoms with van der Waals surface area (Å²) in [4.78, 5) is 27.6. The zero-order valence-corrected chi connectivity index (χ0v) is 24.5. The van der Waals surface area contributed by atoms with Gasteiger partial charge in [0.15, 0.2) is 11.5 Å². The monoisotopic (exact) mass is 671 g/mol. The van der Waals surface area contributed by atoms with Gasteiger partial charge in [0.1, 0.15) is 4.90 Å². The molecule has 0 aliphatic carbocycles. The van der Waals surface area contributed by atoms with Gasteiger partial charge in [-0.05, 0) is 93.5 Å². The molecule has 0 bridgehead atoms. The number of ether oxygens (including phenoxy) is 1. The summed E-state index contributed by atoms with van der Waals surface area (Å²) in [6.07, 6.45) is 1.61. The number of halogens is 1. The van der Waals surface area contributed by atoms with Gasteiger partial charge in [0, 0.05) is 0 Å². The van der Waals surface area contributed by atoms with Gasteiger partial charge in [0.25, 0.3) is 11.1 Å². The van der Waals surface area contributed by atoms with Crippen molar-refractivity contribution >= 4 is 72.5 Å². The number of carbonyl (C=O) groups is 2. The molecule has 0 saturated carbocycles. The molecule has 1 heterocycles. The minimum absolute atomic E-state index is 0.0205. The third-order valence-electron chi connectivity index (χ3n) is 5.94. The highest BCUT2D eigenvalue weighted by atomic mass is 127. The number of thioether (sulfide) groups is 1. The first kappa shape index (κ1) is 27.2. The highest BCUT2D eigenvalue weighted by molar-refractivity contribution is 14.1. The SMILES string of the molecule is CCOc1cc(/C=C2\SC(=O)N(Cc3cccc4ccccc34)C2=O)cc(I)c1OS(=O)(=O)c1ccccc1. The second kappa shape index (κ2) is 11.4. The first-order valence-corrected chi connectivity index (χ1v) is 15.2. The Bertz CT molecular complexity index is 1720. The van der Waals surface area contributed by atoms with Crippen molar-refractivity contribution in [2.24, 2.45) is 0 Å². The Morgan fingerprint density at radius 1 is 0.949 bits per heavy atom. The van der Waals surface area contributed by atoms with Gasteiger partial charge in [0.2, 0.25) is 0 Å². The van der Waals surface area contributed by atoms with E-state index in [0.717, 1.165) is 28.1 Å². The molecule has 10 heteroatoms. The smallest absolute Gasteiger partial charge is 0.339 e. The Morgan fingerprint density at radius 2 is 1.67 bits per heavy atom. The summed E-state index contributed by atoms with van der Waals surface area (Å²) in [5.74, 6) is -0.120. The van der Waals surface area contributed by atoms with E-state index in [2.05, 4.69) is 0 Å². The standard InChI is InChI=1S/C29H22INO6S2/c1-2-36-25-16-19(15-24(30)27(25)37-39(34,35)22-12-4-3-5-13-22)17-26-28(32)31(29(33)38-26)18-21-11-8-10-20-9-6-7-14-23(20)21/h3-17H,2,18H2,1H3/b26-17-. The second-order valence-electron chi connectivity index (χ2n) is 8.52. The van der Waals surface area contributed by atoms with Crippen molar-refractivity contribution in [3.63, 3.8) is 0 Å². The average molecular weight is 672 g/mol. The van der Waals surface area contributed by atoms with Crippen LogP contribution in [-0.4, -0.2) is 31.1 Å². The summed E-state index contributed by atoms with van der Waals surface area (Å²) in [6, 6.07) is 24.8. The normalized spacial score (nSPS) is 14.8. The first-order valence-electron chi connectivity index (χ1n) is 11.9. The lowest BCUT2D eigenvalue weighted by Gasteiger charge is -2.15. The van der Waals surface area contributed by atoms with Gasteiger partial charge in [0.05, 0.1) is 21.6 Å². The summed E-state index contributed by atoms with van der Waals surface area (Å²) in [6.45, 7) is 2.20. The topological polar surface area (TPSA) is 90.0 Å². The van der Waals surface area contributed by atoms with Crippen molar-refractivity contribution in [1.29, 1.82) is 0 Å². The number of imide groups is 1. The second-order valence-corrected chi connectivity index (χ2v) is 12.2. The third kappa shape index (κ3) is 5.82. The maximum Gasteiger partial charge on any atom is 0.339 e. The third-order valence-corrected chi connectivity index (χ3v) is 8.88. The molecule has 198 valence electrons. The summed E-state index contributed by atoms with van der Waals surface area (Å²) < 4.78 is 37.3. The Hall–Kier alpha value is -3.35. The molecule has 5 rings (SSSR count). The fraction of sp³-hybridized carbons (Fsp3) is 0.103. The molecule has 0 radical (unpaired) electrons. The van der Waals surface area contributed by atoms with Crippen LogP contribution >= 0.6 is 34.4 Å². The van der Waals surface area contributed by atoms with E-state index in [1.807, 2.05) is 65.1 Å². The molecule has 2 amide bonds. The maximum absolute atomic E-state index is 13.2. The number of rotatable bonds is 8. The summed E-state index contributed by atoms with van der Waals surface area (Å²) in [7, 11) is -4.09. The molecule has 1 aliphatic rings. The maximum atomic E-state index is 13.2. The van der Waals surface area contributed by atoms with E-state index >= 15 is 0 Å². The number of hydrogen-bond acceptors (Lipinski definition) is 7. The van der Waals surface area contributed by atoms with Gasteiger partial charge in [-0.15, -0.1) is 0 Å². The Labute approximate surface area is 244 Å². The van der Waals surface area contributed by atoms with Crippen LogP contribution in [0.3, 0.4) is 0 Å². The van der Waals surface area contributed by atoms with Crippen LogP contribution in [0.25, 0.3) is 16.8 Å². The van der Waals surface area contributed by atoms with E-state index in [1.54, 1.807) is 43.3 Å². The van der Waals surface area contributed by atoms with E-state index < -0.39 is 16.0 Å². The summed E-state index contributed by atoms with van der Waals surface area (Å²) in [5, 5.41) is 1.67. The summed E-state index contributed by atoms with van der Waals surface area (Å²) in [5.41, 5.74) is 1.45. The molecule has 0 spiro atoms. The van der Waals surface area contributed by atoms with Crippen molar-refractivity contribution < 1.29 is 26.9 Å². The number of fused-ring (bicyclic) bond motifs is 1. The number of nitrogens with zero attached hydrogens (tertiary/aromatic N) is 1. The molecule has 0 N–H and O–H groups in total. The summed E-state index contributed by atoms with van der Waals surface area (Å²) >= 11 is 2.83. The van der Waals surface area contributed by atoms with E-state index in [1.165, 1.54) is 17.0 Å². The van der Waals surface area contributed by atoms with Crippen molar-refractivity contribution in [3.8, 4) is 11.5 Å². The zero-order valence-electron chi connectivity index (χ0n) is 20.7. The molecule has 7 nitrogen and oxygen atoms in total. The van der Waals surface area contributed by atoms with Crippen molar-refractivity contribution in [2.75, 3.05) is 6.61 Å². The van der Waals surface area contributed by atoms with Crippen LogP contribution < -0.4 is 8.92 Å². The molecule has 39 heavy (non-hydrogen) atoms. The quantitative estimate of drug-likeness (QED) is 0.115. The van der Waals surface area contributed by atoms with E-state index in [9.17, 15) is 18.0 Å². The van der Waals surface area contributed by atoms with Gasteiger partial charge in [-0.3, -0.25) is 14.5 Å². The molecular weight excluding hydrogens is 649 g/mol.